The predicted octanol–water partition coefficient (Wildman–Crippen LogP) is 5.42. The fourth-order valence-corrected chi connectivity index (χ4v) is 2.60. The highest BCUT2D eigenvalue weighted by atomic mass is 79.9. The Balaban J connectivity index is 1.94. The number of benzene rings is 2. The summed E-state index contributed by atoms with van der Waals surface area (Å²) >= 11 is 3.52. The maximum absolute atomic E-state index is 3.57. The second-order valence-corrected chi connectivity index (χ2v) is 6.47. The summed E-state index contributed by atoms with van der Waals surface area (Å²) in [7, 11) is 0. The van der Waals surface area contributed by atoms with E-state index in [9.17, 15) is 0 Å². The highest BCUT2D eigenvalue weighted by Crippen LogP contribution is 2.19. The number of rotatable bonds is 5. The lowest BCUT2D eigenvalue weighted by atomic mass is 10.0. The van der Waals surface area contributed by atoms with Gasteiger partial charge in [-0.3, -0.25) is 0 Å². The second kappa shape index (κ2) is 7.05. The molecule has 0 aromatic heterocycles. The summed E-state index contributed by atoms with van der Waals surface area (Å²) in [6.45, 7) is 7.54. The molecule has 0 aliphatic carbocycles. The van der Waals surface area contributed by atoms with E-state index in [1.807, 2.05) is 0 Å². The highest BCUT2D eigenvalue weighted by Gasteiger charge is 2.05. The van der Waals surface area contributed by atoms with E-state index in [1.165, 1.54) is 16.7 Å². The minimum atomic E-state index is 0.345. The number of hydrogen-bond donors (Lipinski definition) is 1. The molecular formula is C18H22BrN. The van der Waals surface area contributed by atoms with E-state index in [-0.39, 0.29) is 0 Å². The van der Waals surface area contributed by atoms with E-state index in [2.05, 4.69) is 90.5 Å². The Kier molecular flexibility index (Phi) is 5.38. The van der Waals surface area contributed by atoms with Gasteiger partial charge in [0.15, 0.2) is 0 Å². The third kappa shape index (κ3) is 4.19. The lowest BCUT2D eigenvalue weighted by Crippen LogP contribution is -2.18. The van der Waals surface area contributed by atoms with Crippen molar-refractivity contribution in [3.63, 3.8) is 0 Å². The van der Waals surface area contributed by atoms with Gasteiger partial charge in [-0.1, -0.05) is 66.2 Å². The summed E-state index contributed by atoms with van der Waals surface area (Å²) in [5.74, 6) is 0.595. The molecule has 20 heavy (non-hydrogen) atoms. The molecule has 0 spiro atoms. The Morgan fingerprint density at radius 2 is 1.65 bits per heavy atom. The molecule has 1 nitrogen and oxygen atoms in total. The Hall–Kier alpha value is -1.12. The average Bonchev–Trinajstić information content (AvgIpc) is 2.45. The molecule has 0 saturated heterocycles. The molecule has 2 rings (SSSR count). The van der Waals surface area contributed by atoms with Crippen molar-refractivity contribution in [2.75, 3.05) is 0 Å². The topological polar surface area (TPSA) is 12.0 Å². The second-order valence-electron chi connectivity index (χ2n) is 5.55. The van der Waals surface area contributed by atoms with Crippen LogP contribution in [0.4, 0.5) is 0 Å². The summed E-state index contributed by atoms with van der Waals surface area (Å²) in [4.78, 5) is 0. The number of hydrogen-bond acceptors (Lipinski definition) is 1. The fraction of sp³-hybridized carbons (Fsp3) is 0.333. The molecule has 0 bridgehead atoms. The predicted molar refractivity (Wildman–Crippen MR) is 89.9 cm³/mol. The van der Waals surface area contributed by atoms with Crippen LogP contribution in [0.5, 0.6) is 0 Å². The Bertz CT molecular complexity index is 546. The molecule has 2 heteroatoms. The van der Waals surface area contributed by atoms with Gasteiger partial charge >= 0.3 is 0 Å². The van der Waals surface area contributed by atoms with Crippen LogP contribution in [0.25, 0.3) is 0 Å². The molecule has 0 aliphatic rings. The van der Waals surface area contributed by atoms with Crippen molar-refractivity contribution in [3.8, 4) is 0 Å². The molecule has 0 aliphatic heterocycles. The zero-order valence-electron chi connectivity index (χ0n) is 12.4. The monoisotopic (exact) mass is 331 g/mol. The van der Waals surface area contributed by atoms with Crippen LogP contribution in [0, 0.1) is 0 Å². The van der Waals surface area contributed by atoms with Gasteiger partial charge in [-0.25, -0.2) is 0 Å². The normalized spacial score (nSPS) is 12.7. The van der Waals surface area contributed by atoms with Crippen LogP contribution in [-0.4, -0.2) is 0 Å². The quantitative estimate of drug-likeness (QED) is 0.770. The molecule has 0 amide bonds. The van der Waals surface area contributed by atoms with Crippen LogP contribution < -0.4 is 5.32 Å². The van der Waals surface area contributed by atoms with Crippen molar-refractivity contribution in [2.45, 2.75) is 39.3 Å². The van der Waals surface area contributed by atoms with E-state index >= 15 is 0 Å². The molecule has 106 valence electrons. The largest absolute Gasteiger partial charge is 0.306 e. The first-order valence-corrected chi connectivity index (χ1v) is 7.93. The van der Waals surface area contributed by atoms with Gasteiger partial charge in [0.05, 0.1) is 0 Å². The van der Waals surface area contributed by atoms with Gasteiger partial charge in [0.2, 0.25) is 0 Å². The van der Waals surface area contributed by atoms with Crippen molar-refractivity contribution < 1.29 is 0 Å². The van der Waals surface area contributed by atoms with E-state index in [0.717, 1.165) is 11.0 Å². The Morgan fingerprint density at radius 3 is 2.25 bits per heavy atom. The Labute approximate surface area is 130 Å². The van der Waals surface area contributed by atoms with Crippen LogP contribution in [0.3, 0.4) is 0 Å². The highest BCUT2D eigenvalue weighted by molar-refractivity contribution is 9.10. The molecule has 0 radical (unpaired) electrons. The molecule has 1 unspecified atom stereocenters. The third-order valence-corrected chi connectivity index (χ3v) is 4.10. The van der Waals surface area contributed by atoms with Crippen molar-refractivity contribution >= 4 is 15.9 Å². The van der Waals surface area contributed by atoms with Gasteiger partial charge in [-0.15, -0.1) is 0 Å². The zero-order chi connectivity index (χ0) is 14.5. The standard InChI is InChI=1S/C18H22BrN/c1-13(2)16-9-7-15(8-10-16)12-20-14(3)17-5-4-6-18(19)11-17/h4-11,13-14,20H,12H2,1-3H3. The maximum Gasteiger partial charge on any atom is 0.0295 e. The molecule has 0 fully saturated rings. The van der Waals surface area contributed by atoms with E-state index < -0.39 is 0 Å². The van der Waals surface area contributed by atoms with Crippen LogP contribution in [-0.2, 0) is 6.54 Å². The van der Waals surface area contributed by atoms with E-state index in [4.69, 9.17) is 0 Å². The minimum absolute atomic E-state index is 0.345. The summed E-state index contributed by atoms with van der Waals surface area (Å²) in [6.07, 6.45) is 0. The van der Waals surface area contributed by atoms with Crippen LogP contribution in [0.15, 0.2) is 53.0 Å². The smallest absolute Gasteiger partial charge is 0.0295 e. The zero-order valence-corrected chi connectivity index (χ0v) is 13.9. The first-order valence-electron chi connectivity index (χ1n) is 7.14. The molecular weight excluding hydrogens is 310 g/mol. The van der Waals surface area contributed by atoms with Gasteiger partial charge < -0.3 is 5.32 Å². The van der Waals surface area contributed by atoms with Crippen molar-refractivity contribution in [1.82, 2.24) is 5.32 Å². The summed E-state index contributed by atoms with van der Waals surface area (Å²) in [5, 5.41) is 3.57. The fourth-order valence-electron chi connectivity index (χ4n) is 2.19. The van der Waals surface area contributed by atoms with Crippen LogP contribution >= 0.6 is 15.9 Å². The van der Waals surface area contributed by atoms with Gasteiger partial charge in [-0.05, 0) is 41.7 Å². The first kappa shape index (κ1) is 15.3. The van der Waals surface area contributed by atoms with Crippen LogP contribution in [0.1, 0.15) is 49.4 Å². The van der Waals surface area contributed by atoms with Crippen LogP contribution in [0.2, 0.25) is 0 Å². The van der Waals surface area contributed by atoms with E-state index in [0.29, 0.717) is 12.0 Å². The van der Waals surface area contributed by atoms with Crippen molar-refractivity contribution in [2.24, 2.45) is 0 Å². The average molecular weight is 332 g/mol. The van der Waals surface area contributed by atoms with Gasteiger partial charge in [0, 0.05) is 17.1 Å². The lowest BCUT2D eigenvalue weighted by molar-refractivity contribution is 0.574. The van der Waals surface area contributed by atoms with Gasteiger partial charge in [0.25, 0.3) is 0 Å². The molecule has 0 heterocycles. The molecule has 2 aromatic rings. The summed E-state index contributed by atoms with van der Waals surface area (Å²) in [5.41, 5.74) is 4.03. The third-order valence-electron chi connectivity index (χ3n) is 3.61. The first-order chi connectivity index (χ1) is 9.56. The van der Waals surface area contributed by atoms with Crippen molar-refractivity contribution in [3.05, 3.63) is 69.7 Å². The Morgan fingerprint density at radius 1 is 0.950 bits per heavy atom. The SMILES string of the molecule is CC(C)c1ccc(CNC(C)c2cccc(Br)c2)cc1. The summed E-state index contributed by atoms with van der Waals surface area (Å²) < 4.78 is 1.13. The maximum atomic E-state index is 3.57. The molecule has 0 saturated carbocycles. The van der Waals surface area contributed by atoms with Gasteiger partial charge in [0.1, 0.15) is 0 Å². The molecule has 2 aromatic carbocycles. The molecule has 1 atom stereocenters. The van der Waals surface area contributed by atoms with Gasteiger partial charge in [-0.2, -0.15) is 0 Å². The number of nitrogens with one attached hydrogen (secondary N) is 1. The van der Waals surface area contributed by atoms with E-state index in [1.54, 1.807) is 0 Å². The minimum Gasteiger partial charge on any atom is -0.306 e. The molecule has 1 N–H and O–H groups in total. The van der Waals surface area contributed by atoms with Crippen molar-refractivity contribution in [1.29, 1.82) is 0 Å². The lowest BCUT2D eigenvalue weighted by Gasteiger charge is -2.15. The summed E-state index contributed by atoms with van der Waals surface area (Å²) in [6, 6.07) is 17.7. The number of halogens is 1.